The Morgan fingerprint density at radius 2 is 2.33 bits per heavy atom. The van der Waals surface area contributed by atoms with E-state index >= 15 is 0 Å². The van der Waals surface area contributed by atoms with Crippen LogP contribution in [0.3, 0.4) is 0 Å². The highest BCUT2D eigenvalue weighted by Crippen LogP contribution is 2.36. The van der Waals surface area contributed by atoms with Gasteiger partial charge >= 0.3 is 5.97 Å². The summed E-state index contributed by atoms with van der Waals surface area (Å²) < 4.78 is 10.9. The van der Waals surface area contributed by atoms with Crippen LogP contribution in [0.25, 0.3) is 0 Å². The van der Waals surface area contributed by atoms with Crippen molar-refractivity contribution in [3.05, 3.63) is 12.7 Å². The minimum atomic E-state index is -0.432. The summed E-state index contributed by atoms with van der Waals surface area (Å²) in [5.74, 6) is -0.346. The van der Waals surface area contributed by atoms with Gasteiger partial charge in [0.2, 0.25) is 0 Å². The van der Waals surface area contributed by atoms with E-state index in [4.69, 9.17) is 9.47 Å². The van der Waals surface area contributed by atoms with Crippen molar-refractivity contribution < 1.29 is 14.3 Å². The van der Waals surface area contributed by atoms with E-state index in [9.17, 15) is 4.79 Å². The minimum Gasteiger partial charge on any atom is -0.453 e. The Morgan fingerprint density at radius 3 is 2.87 bits per heavy atom. The quantitative estimate of drug-likeness (QED) is 0.530. The van der Waals surface area contributed by atoms with E-state index in [0.29, 0.717) is 0 Å². The summed E-state index contributed by atoms with van der Waals surface area (Å²) in [6.45, 7) is 5.46. The van der Waals surface area contributed by atoms with E-state index in [2.05, 4.69) is 6.58 Å². The van der Waals surface area contributed by atoms with E-state index in [1.807, 2.05) is 6.92 Å². The van der Waals surface area contributed by atoms with Gasteiger partial charge in [-0.15, -0.1) is 0 Å². The maximum Gasteiger partial charge on any atom is 0.330 e. The molecule has 0 aromatic rings. The first-order valence-electron chi connectivity index (χ1n) is 5.56. The summed E-state index contributed by atoms with van der Waals surface area (Å²) >= 11 is 0. The van der Waals surface area contributed by atoms with Crippen LogP contribution >= 0.6 is 0 Å². The maximum atomic E-state index is 11.3. The van der Waals surface area contributed by atoms with Gasteiger partial charge in [-0.05, 0) is 25.7 Å². The molecule has 1 aliphatic carbocycles. The zero-order chi connectivity index (χ0) is 11.3. The SMILES string of the molecule is C=CC(=O)OC1(CC)CCCCC1OC. The molecule has 86 valence electrons. The van der Waals surface area contributed by atoms with Gasteiger partial charge in [0.25, 0.3) is 0 Å². The van der Waals surface area contributed by atoms with Gasteiger partial charge in [-0.3, -0.25) is 0 Å². The second-order valence-corrected chi connectivity index (χ2v) is 4.01. The van der Waals surface area contributed by atoms with Gasteiger partial charge in [0.15, 0.2) is 0 Å². The van der Waals surface area contributed by atoms with E-state index < -0.39 is 5.60 Å². The molecule has 1 aliphatic rings. The molecule has 0 radical (unpaired) electrons. The molecule has 3 nitrogen and oxygen atoms in total. The Morgan fingerprint density at radius 1 is 1.60 bits per heavy atom. The Kier molecular flexibility index (Phi) is 4.33. The summed E-state index contributed by atoms with van der Waals surface area (Å²) in [4.78, 5) is 11.3. The van der Waals surface area contributed by atoms with Gasteiger partial charge in [0.1, 0.15) is 5.60 Å². The average molecular weight is 212 g/mol. The molecule has 0 aliphatic heterocycles. The lowest BCUT2D eigenvalue weighted by Gasteiger charge is -2.41. The number of rotatable bonds is 4. The van der Waals surface area contributed by atoms with Crippen LogP contribution in [0.15, 0.2) is 12.7 Å². The molecule has 0 bridgehead atoms. The molecule has 1 fully saturated rings. The molecule has 0 saturated heterocycles. The van der Waals surface area contributed by atoms with Crippen molar-refractivity contribution in [1.29, 1.82) is 0 Å². The maximum absolute atomic E-state index is 11.3. The third-order valence-electron chi connectivity index (χ3n) is 3.26. The molecule has 1 rings (SSSR count). The fraction of sp³-hybridized carbons (Fsp3) is 0.750. The molecule has 0 N–H and O–H groups in total. The number of carbonyl (C=O) groups excluding carboxylic acids is 1. The highest BCUT2D eigenvalue weighted by molar-refractivity contribution is 5.81. The van der Waals surface area contributed by atoms with Crippen molar-refractivity contribution in [3.63, 3.8) is 0 Å². The van der Waals surface area contributed by atoms with Crippen molar-refractivity contribution in [2.75, 3.05) is 7.11 Å². The molecule has 0 aromatic carbocycles. The smallest absolute Gasteiger partial charge is 0.330 e. The van der Waals surface area contributed by atoms with Gasteiger partial charge in [0.05, 0.1) is 6.10 Å². The summed E-state index contributed by atoms with van der Waals surface area (Å²) in [5.41, 5.74) is -0.432. The van der Waals surface area contributed by atoms with Crippen molar-refractivity contribution >= 4 is 5.97 Å². The standard InChI is InChI=1S/C12H20O3/c1-4-11(13)15-12(5-2)9-7-6-8-10(12)14-3/h4,10H,1,5-9H2,2-3H3. The molecule has 2 atom stereocenters. The first kappa shape index (κ1) is 12.2. The van der Waals surface area contributed by atoms with Gasteiger partial charge < -0.3 is 9.47 Å². The molecule has 2 unspecified atom stereocenters. The van der Waals surface area contributed by atoms with Crippen molar-refractivity contribution in [2.45, 2.75) is 50.7 Å². The fourth-order valence-electron chi connectivity index (χ4n) is 2.35. The summed E-state index contributed by atoms with van der Waals surface area (Å²) in [5, 5.41) is 0. The lowest BCUT2D eigenvalue weighted by Crippen LogP contribution is -2.48. The summed E-state index contributed by atoms with van der Waals surface area (Å²) in [6.07, 6.45) is 6.14. The molecule has 3 heteroatoms. The summed E-state index contributed by atoms with van der Waals surface area (Å²) in [6, 6.07) is 0. The lowest BCUT2D eigenvalue weighted by atomic mass is 9.80. The molecule has 15 heavy (non-hydrogen) atoms. The van der Waals surface area contributed by atoms with E-state index in [-0.39, 0.29) is 12.1 Å². The predicted octanol–water partition coefficient (Wildman–Crippen LogP) is 2.45. The highest BCUT2D eigenvalue weighted by atomic mass is 16.6. The second kappa shape index (κ2) is 5.31. The topological polar surface area (TPSA) is 35.5 Å². The Bertz CT molecular complexity index is 237. The monoisotopic (exact) mass is 212 g/mol. The van der Waals surface area contributed by atoms with Gasteiger partial charge in [-0.1, -0.05) is 19.9 Å². The zero-order valence-corrected chi connectivity index (χ0v) is 9.62. The van der Waals surface area contributed by atoms with Gasteiger partial charge in [-0.2, -0.15) is 0 Å². The van der Waals surface area contributed by atoms with Gasteiger partial charge in [0, 0.05) is 13.2 Å². The van der Waals surface area contributed by atoms with E-state index in [1.54, 1.807) is 7.11 Å². The largest absolute Gasteiger partial charge is 0.453 e. The van der Waals surface area contributed by atoms with Crippen molar-refractivity contribution in [1.82, 2.24) is 0 Å². The molecule has 0 heterocycles. The summed E-state index contributed by atoms with van der Waals surface area (Å²) in [7, 11) is 1.68. The number of hydrogen-bond donors (Lipinski definition) is 0. The minimum absolute atomic E-state index is 0.0279. The Hall–Kier alpha value is -0.830. The fourth-order valence-corrected chi connectivity index (χ4v) is 2.35. The Balaban J connectivity index is 2.78. The number of ether oxygens (including phenoxy) is 2. The van der Waals surface area contributed by atoms with Crippen LogP contribution < -0.4 is 0 Å². The lowest BCUT2D eigenvalue weighted by molar-refractivity contribution is -0.179. The van der Waals surface area contributed by atoms with Crippen LogP contribution in [-0.2, 0) is 14.3 Å². The van der Waals surface area contributed by atoms with Crippen LogP contribution in [0.5, 0.6) is 0 Å². The molecular formula is C12H20O3. The molecular weight excluding hydrogens is 192 g/mol. The molecule has 0 aromatic heterocycles. The molecule has 1 saturated carbocycles. The number of hydrogen-bond acceptors (Lipinski definition) is 3. The predicted molar refractivity (Wildman–Crippen MR) is 58.6 cm³/mol. The highest BCUT2D eigenvalue weighted by Gasteiger charge is 2.42. The van der Waals surface area contributed by atoms with E-state index in [1.165, 1.54) is 6.08 Å². The number of methoxy groups -OCH3 is 1. The van der Waals surface area contributed by atoms with Crippen molar-refractivity contribution in [3.8, 4) is 0 Å². The first-order valence-corrected chi connectivity index (χ1v) is 5.56. The van der Waals surface area contributed by atoms with Gasteiger partial charge in [-0.25, -0.2) is 4.79 Å². The number of esters is 1. The third-order valence-corrected chi connectivity index (χ3v) is 3.26. The van der Waals surface area contributed by atoms with Crippen LogP contribution in [0.1, 0.15) is 39.0 Å². The van der Waals surface area contributed by atoms with Crippen LogP contribution in [0.2, 0.25) is 0 Å². The normalized spacial score (nSPS) is 30.9. The van der Waals surface area contributed by atoms with Crippen LogP contribution in [-0.4, -0.2) is 24.8 Å². The number of carbonyl (C=O) groups is 1. The van der Waals surface area contributed by atoms with Crippen molar-refractivity contribution in [2.24, 2.45) is 0 Å². The first-order chi connectivity index (χ1) is 7.18. The Labute approximate surface area is 91.4 Å². The zero-order valence-electron chi connectivity index (χ0n) is 9.62. The van der Waals surface area contributed by atoms with E-state index in [0.717, 1.165) is 32.1 Å². The second-order valence-electron chi connectivity index (χ2n) is 4.01. The average Bonchev–Trinajstić information content (AvgIpc) is 2.29. The van der Waals surface area contributed by atoms with Crippen LogP contribution in [0, 0.1) is 0 Å². The third kappa shape index (κ3) is 2.59. The molecule has 0 spiro atoms. The molecule has 0 amide bonds. The van der Waals surface area contributed by atoms with Crippen LogP contribution in [0.4, 0.5) is 0 Å².